The molecule has 0 spiro atoms. The Bertz CT molecular complexity index is 659. The molecule has 142 valence electrons. The van der Waals surface area contributed by atoms with Crippen molar-refractivity contribution in [2.45, 2.75) is 32.7 Å². The van der Waals surface area contributed by atoms with Gasteiger partial charge in [0, 0.05) is 25.3 Å². The number of nitrogens with one attached hydrogen (secondary N) is 1. The zero-order chi connectivity index (χ0) is 18.4. The van der Waals surface area contributed by atoms with Crippen molar-refractivity contribution in [3.05, 3.63) is 47.5 Å². The van der Waals surface area contributed by atoms with Crippen molar-refractivity contribution in [1.82, 2.24) is 19.8 Å². The molecule has 3 rings (SSSR count). The number of aryl methyl sites for hydroxylation is 1. The Labute approximate surface area is 157 Å². The van der Waals surface area contributed by atoms with Crippen LogP contribution in [0, 0.1) is 12.8 Å². The largest absolute Gasteiger partial charge is 0.497 e. The van der Waals surface area contributed by atoms with Crippen LogP contribution in [-0.4, -0.2) is 60.1 Å². The molecule has 0 saturated carbocycles. The van der Waals surface area contributed by atoms with Gasteiger partial charge in [0.2, 0.25) is 0 Å². The topological polar surface area (TPSA) is 44.4 Å². The number of hydrogen-bond donors (Lipinski definition) is 1. The smallest absolute Gasteiger partial charge is 0.118 e. The van der Waals surface area contributed by atoms with Gasteiger partial charge in [0.15, 0.2) is 0 Å². The summed E-state index contributed by atoms with van der Waals surface area (Å²) < 4.78 is 5.23. The fourth-order valence-corrected chi connectivity index (χ4v) is 3.78. The van der Waals surface area contributed by atoms with Gasteiger partial charge in [-0.05, 0) is 69.9 Å². The molecule has 5 nitrogen and oxygen atoms in total. The minimum Gasteiger partial charge on any atom is -0.497 e. The molecule has 2 heterocycles. The van der Waals surface area contributed by atoms with Crippen molar-refractivity contribution in [3.63, 3.8) is 0 Å². The lowest BCUT2D eigenvalue weighted by molar-refractivity contribution is 0.153. The van der Waals surface area contributed by atoms with Crippen LogP contribution in [0.5, 0.6) is 5.75 Å². The number of ether oxygens (including phenoxy) is 1. The fourth-order valence-electron chi connectivity index (χ4n) is 3.78. The molecule has 0 atom stereocenters. The van der Waals surface area contributed by atoms with E-state index in [1.165, 1.54) is 49.4 Å². The van der Waals surface area contributed by atoms with E-state index in [4.69, 9.17) is 4.74 Å². The Morgan fingerprint density at radius 3 is 2.58 bits per heavy atom. The monoisotopic (exact) mass is 356 g/mol. The Hall–Kier alpha value is -1.85. The summed E-state index contributed by atoms with van der Waals surface area (Å²) in [7, 11) is 3.93. The van der Waals surface area contributed by atoms with Gasteiger partial charge in [-0.15, -0.1) is 0 Å². The van der Waals surface area contributed by atoms with Crippen LogP contribution >= 0.6 is 0 Å². The van der Waals surface area contributed by atoms with Crippen LogP contribution in [0.4, 0.5) is 0 Å². The molecule has 0 bridgehead atoms. The lowest BCUT2D eigenvalue weighted by atomic mass is 9.96. The average Bonchev–Trinajstić information content (AvgIpc) is 3.06. The van der Waals surface area contributed by atoms with Gasteiger partial charge in [-0.2, -0.15) is 0 Å². The number of nitrogens with zero attached hydrogens (tertiary/aromatic N) is 3. The van der Waals surface area contributed by atoms with Crippen LogP contribution in [0.25, 0.3) is 0 Å². The lowest BCUT2D eigenvalue weighted by Gasteiger charge is -2.33. The summed E-state index contributed by atoms with van der Waals surface area (Å²) in [5, 5.41) is 0. The average molecular weight is 357 g/mol. The second kappa shape index (κ2) is 9.19. The standard InChI is InChI=1S/C21H32N4O/c1-17-21(23-16-22-17)15-24(2)14-19-9-12-25(13-10-19)11-8-18-4-6-20(26-3)7-5-18/h4-7,16,19H,8-15H2,1-3H3,(H,22,23). The molecule has 1 N–H and O–H groups in total. The molecule has 2 aromatic rings. The second-order valence-electron chi connectivity index (χ2n) is 7.55. The first-order valence-corrected chi connectivity index (χ1v) is 9.66. The number of methoxy groups -OCH3 is 1. The third-order valence-electron chi connectivity index (χ3n) is 5.51. The number of H-pyrrole nitrogens is 1. The third kappa shape index (κ3) is 5.32. The van der Waals surface area contributed by atoms with Crippen LogP contribution in [0.1, 0.15) is 29.8 Å². The SMILES string of the molecule is COc1ccc(CCN2CCC(CN(C)Cc3nc[nH]c3C)CC2)cc1. The third-order valence-corrected chi connectivity index (χ3v) is 5.51. The first-order valence-electron chi connectivity index (χ1n) is 9.66. The van der Waals surface area contributed by atoms with Gasteiger partial charge >= 0.3 is 0 Å². The second-order valence-corrected chi connectivity index (χ2v) is 7.55. The van der Waals surface area contributed by atoms with E-state index in [9.17, 15) is 0 Å². The van der Waals surface area contributed by atoms with E-state index in [1.807, 2.05) is 0 Å². The van der Waals surface area contributed by atoms with Crippen molar-refractivity contribution >= 4 is 0 Å². The molecule has 0 amide bonds. The van der Waals surface area contributed by atoms with Gasteiger partial charge < -0.3 is 19.5 Å². The zero-order valence-electron chi connectivity index (χ0n) is 16.4. The summed E-state index contributed by atoms with van der Waals surface area (Å²) in [4.78, 5) is 12.6. The quantitative estimate of drug-likeness (QED) is 0.789. The van der Waals surface area contributed by atoms with Crippen molar-refractivity contribution in [3.8, 4) is 5.75 Å². The van der Waals surface area contributed by atoms with E-state index < -0.39 is 0 Å². The maximum absolute atomic E-state index is 5.23. The number of imidazole rings is 1. The summed E-state index contributed by atoms with van der Waals surface area (Å²) in [5.74, 6) is 1.74. The van der Waals surface area contributed by atoms with Crippen LogP contribution in [0.3, 0.4) is 0 Å². The lowest BCUT2D eigenvalue weighted by Crippen LogP contribution is -2.38. The summed E-state index contributed by atoms with van der Waals surface area (Å²) in [5.41, 5.74) is 3.75. The predicted molar refractivity (Wildman–Crippen MR) is 106 cm³/mol. The molecule has 1 saturated heterocycles. The highest BCUT2D eigenvalue weighted by Crippen LogP contribution is 2.20. The maximum Gasteiger partial charge on any atom is 0.118 e. The number of aromatic amines is 1. The summed E-state index contributed by atoms with van der Waals surface area (Å²) in [6, 6.07) is 8.46. The zero-order valence-corrected chi connectivity index (χ0v) is 16.4. The summed E-state index contributed by atoms with van der Waals surface area (Å²) in [6.07, 6.45) is 5.51. The van der Waals surface area contributed by atoms with Gasteiger partial charge in [0.1, 0.15) is 5.75 Å². The number of hydrogen-bond acceptors (Lipinski definition) is 4. The molecule has 1 fully saturated rings. The van der Waals surface area contributed by atoms with Crippen LogP contribution in [-0.2, 0) is 13.0 Å². The number of benzene rings is 1. The molecule has 1 aromatic heterocycles. The van der Waals surface area contributed by atoms with Gasteiger partial charge in [-0.3, -0.25) is 0 Å². The highest BCUT2D eigenvalue weighted by Gasteiger charge is 2.20. The number of piperidine rings is 1. The first-order chi connectivity index (χ1) is 12.6. The molecule has 0 unspecified atom stereocenters. The number of aromatic nitrogens is 2. The van der Waals surface area contributed by atoms with E-state index in [2.05, 4.69) is 58.0 Å². The summed E-state index contributed by atoms with van der Waals surface area (Å²) in [6.45, 7) is 7.79. The normalized spacial score (nSPS) is 16.3. The molecule has 0 radical (unpaired) electrons. The molecular weight excluding hydrogens is 324 g/mol. The molecular formula is C21H32N4O. The van der Waals surface area contributed by atoms with Gasteiger partial charge in [-0.25, -0.2) is 4.98 Å². The van der Waals surface area contributed by atoms with E-state index in [-0.39, 0.29) is 0 Å². The van der Waals surface area contributed by atoms with Crippen LogP contribution in [0.2, 0.25) is 0 Å². The molecule has 26 heavy (non-hydrogen) atoms. The Morgan fingerprint density at radius 2 is 1.96 bits per heavy atom. The maximum atomic E-state index is 5.23. The first kappa shape index (κ1) is 18.9. The fraction of sp³-hybridized carbons (Fsp3) is 0.571. The van der Waals surface area contributed by atoms with Crippen molar-refractivity contribution in [2.75, 3.05) is 40.3 Å². The molecule has 5 heteroatoms. The molecule has 1 aliphatic rings. The highest BCUT2D eigenvalue weighted by atomic mass is 16.5. The van der Waals surface area contributed by atoms with Crippen LogP contribution < -0.4 is 4.74 Å². The Morgan fingerprint density at radius 1 is 1.23 bits per heavy atom. The van der Waals surface area contributed by atoms with E-state index in [0.29, 0.717) is 0 Å². The minimum absolute atomic E-state index is 0.802. The number of likely N-dealkylation sites (tertiary alicyclic amines) is 1. The van der Waals surface area contributed by atoms with Gasteiger partial charge in [-0.1, -0.05) is 12.1 Å². The minimum atomic E-state index is 0.802. The van der Waals surface area contributed by atoms with Crippen molar-refractivity contribution < 1.29 is 4.74 Å². The molecule has 1 aromatic carbocycles. The van der Waals surface area contributed by atoms with E-state index in [0.717, 1.165) is 31.2 Å². The predicted octanol–water partition coefficient (Wildman–Crippen LogP) is 3.11. The summed E-state index contributed by atoms with van der Waals surface area (Å²) >= 11 is 0. The molecule has 1 aliphatic heterocycles. The van der Waals surface area contributed by atoms with E-state index >= 15 is 0 Å². The van der Waals surface area contributed by atoms with Gasteiger partial charge in [0.05, 0.1) is 19.1 Å². The molecule has 0 aliphatic carbocycles. The Kier molecular flexibility index (Phi) is 6.69. The number of rotatable bonds is 8. The highest BCUT2D eigenvalue weighted by molar-refractivity contribution is 5.27. The van der Waals surface area contributed by atoms with Crippen molar-refractivity contribution in [1.29, 1.82) is 0 Å². The van der Waals surface area contributed by atoms with Gasteiger partial charge in [0.25, 0.3) is 0 Å². The Balaban J connectivity index is 1.36. The van der Waals surface area contributed by atoms with E-state index in [1.54, 1.807) is 13.4 Å². The van der Waals surface area contributed by atoms with Crippen molar-refractivity contribution in [2.24, 2.45) is 5.92 Å². The van der Waals surface area contributed by atoms with Crippen LogP contribution in [0.15, 0.2) is 30.6 Å².